The largest absolute Gasteiger partial charge is 0.324 e. The number of hydrogen-bond donors (Lipinski definition) is 1. The van der Waals surface area contributed by atoms with Gasteiger partial charge in [-0.15, -0.1) is 0 Å². The molecule has 1 saturated carbocycles. The second-order valence-electron chi connectivity index (χ2n) is 4.61. The van der Waals surface area contributed by atoms with Gasteiger partial charge >= 0.3 is 0 Å². The molecule has 1 amide bonds. The molecule has 0 bridgehead atoms. The molecular weight excluding hydrogens is 292 g/mol. The Kier molecular flexibility index (Phi) is 3.04. The molecule has 0 unspecified atom stereocenters. The van der Waals surface area contributed by atoms with E-state index in [1.165, 1.54) is 0 Å². The van der Waals surface area contributed by atoms with Gasteiger partial charge in [-0.2, -0.15) is 0 Å². The lowest BCUT2D eigenvalue weighted by Crippen LogP contribution is -2.28. The molecule has 0 saturated heterocycles. The number of rotatable bonds is 2. The fraction of sp³-hybridized carbons (Fsp3) is 0.286. The van der Waals surface area contributed by atoms with Crippen molar-refractivity contribution in [2.24, 2.45) is 5.92 Å². The van der Waals surface area contributed by atoms with Gasteiger partial charge in [-0.05, 0) is 31.0 Å². The number of benzene rings is 1. The average Bonchev–Trinajstić information content (AvgIpc) is 2.31. The van der Waals surface area contributed by atoms with Crippen molar-refractivity contribution in [3.63, 3.8) is 0 Å². The molecule has 0 atom stereocenters. The molecule has 0 aliphatic heterocycles. The van der Waals surface area contributed by atoms with Gasteiger partial charge in [0.2, 0.25) is 5.91 Å². The van der Waals surface area contributed by atoms with Gasteiger partial charge in [0.05, 0.1) is 11.2 Å². The van der Waals surface area contributed by atoms with Crippen molar-refractivity contribution in [3.05, 3.63) is 34.9 Å². The van der Waals surface area contributed by atoms with E-state index in [0.29, 0.717) is 0 Å². The lowest BCUT2D eigenvalue weighted by molar-refractivity contribution is -0.122. The summed E-state index contributed by atoms with van der Waals surface area (Å²) in [5, 5.41) is 4.01. The molecule has 1 aliphatic rings. The first-order valence-corrected chi connectivity index (χ1v) is 6.89. The molecule has 1 fully saturated rings. The summed E-state index contributed by atoms with van der Waals surface area (Å²) in [7, 11) is 0. The van der Waals surface area contributed by atoms with Gasteiger partial charge in [-0.1, -0.05) is 28.4 Å². The van der Waals surface area contributed by atoms with E-state index in [9.17, 15) is 4.79 Å². The minimum absolute atomic E-state index is 0.121. The zero-order chi connectivity index (χ0) is 12.5. The van der Waals surface area contributed by atoms with E-state index in [1.807, 2.05) is 24.3 Å². The third kappa shape index (κ3) is 2.01. The van der Waals surface area contributed by atoms with Crippen LogP contribution in [0.15, 0.2) is 34.9 Å². The van der Waals surface area contributed by atoms with Gasteiger partial charge in [0.1, 0.15) is 0 Å². The van der Waals surface area contributed by atoms with Crippen molar-refractivity contribution >= 4 is 38.4 Å². The van der Waals surface area contributed by atoms with Crippen LogP contribution in [0.1, 0.15) is 19.3 Å². The summed E-state index contributed by atoms with van der Waals surface area (Å²) in [6.07, 6.45) is 4.92. The predicted octanol–water partition coefficient (Wildman–Crippen LogP) is 3.74. The SMILES string of the molecule is O=C(Nc1ccc(Br)c2cccnc12)C1CCC1. The number of halogens is 1. The third-order valence-electron chi connectivity index (χ3n) is 3.45. The van der Waals surface area contributed by atoms with Crippen LogP contribution in [0.5, 0.6) is 0 Å². The number of nitrogens with zero attached hydrogens (tertiary/aromatic N) is 1. The molecule has 1 N–H and O–H groups in total. The van der Waals surface area contributed by atoms with E-state index in [0.717, 1.165) is 40.3 Å². The number of carbonyl (C=O) groups excluding carboxylic acids is 1. The first-order valence-electron chi connectivity index (χ1n) is 6.10. The summed E-state index contributed by atoms with van der Waals surface area (Å²) in [6, 6.07) is 7.73. The first-order chi connectivity index (χ1) is 8.75. The van der Waals surface area contributed by atoms with E-state index in [2.05, 4.69) is 26.2 Å². The quantitative estimate of drug-likeness (QED) is 0.918. The highest BCUT2D eigenvalue weighted by Gasteiger charge is 2.25. The molecule has 0 spiro atoms. The molecule has 2 aromatic rings. The average molecular weight is 305 g/mol. The van der Waals surface area contributed by atoms with Gasteiger partial charge in [0, 0.05) is 22.0 Å². The second-order valence-corrected chi connectivity index (χ2v) is 5.47. The Morgan fingerprint density at radius 3 is 2.89 bits per heavy atom. The Bertz CT molecular complexity index is 608. The number of pyridine rings is 1. The maximum Gasteiger partial charge on any atom is 0.227 e. The zero-order valence-corrected chi connectivity index (χ0v) is 11.4. The first kappa shape index (κ1) is 11.7. The van der Waals surface area contributed by atoms with Crippen molar-refractivity contribution in [1.82, 2.24) is 4.98 Å². The summed E-state index contributed by atoms with van der Waals surface area (Å²) in [4.78, 5) is 16.3. The van der Waals surface area contributed by atoms with Crippen LogP contribution in [0.2, 0.25) is 0 Å². The Labute approximate surface area is 114 Å². The normalized spacial score (nSPS) is 15.4. The highest BCUT2D eigenvalue weighted by Crippen LogP contribution is 2.31. The van der Waals surface area contributed by atoms with Crippen LogP contribution < -0.4 is 5.32 Å². The van der Waals surface area contributed by atoms with Gasteiger partial charge in [0.25, 0.3) is 0 Å². The number of fused-ring (bicyclic) bond motifs is 1. The maximum absolute atomic E-state index is 12.0. The number of anilines is 1. The summed E-state index contributed by atoms with van der Waals surface area (Å²) >= 11 is 3.50. The monoisotopic (exact) mass is 304 g/mol. The number of aromatic nitrogens is 1. The van der Waals surface area contributed by atoms with Gasteiger partial charge in [-0.25, -0.2) is 0 Å². The van der Waals surface area contributed by atoms with Crippen LogP contribution in [0.4, 0.5) is 5.69 Å². The molecule has 3 rings (SSSR count). The molecular formula is C14H13BrN2O. The van der Waals surface area contributed by atoms with Crippen molar-refractivity contribution < 1.29 is 4.79 Å². The maximum atomic E-state index is 12.0. The Balaban J connectivity index is 1.96. The Hall–Kier alpha value is -1.42. The fourth-order valence-electron chi connectivity index (χ4n) is 2.14. The summed E-state index contributed by atoms with van der Waals surface area (Å²) in [5.74, 6) is 0.308. The van der Waals surface area contributed by atoms with Crippen molar-refractivity contribution in [3.8, 4) is 0 Å². The second kappa shape index (κ2) is 4.69. The predicted molar refractivity (Wildman–Crippen MR) is 75.4 cm³/mol. The van der Waals surface area contributed by atoms with Gasteiger partial charge < -0.3 is 5.32 Å². The van der Waals surface area contributed by atoms with Gasteiger partial charge in [0.15, 0.2) is 0 Å². The number of nitrogens with one attached hydrogen (secondary N) is 1. The van der Waals surface area contributed by atoms with E-state index < -0.39 is 0 Å². The minimum Gasteiger partial charge on any atom is -0.324 e. The molecule has 92 valence electrons. The summed E-state index contributed by atoms with van der Waals surface area (Å²) in [5.41, 5.74) is 1.63. The standard InChI is InChI=1S/C14H13BrN2O/c15-11-6-7-12(13-10(11)5-2-8-16-13)17-14(18)9-3-1-4-9/h2,5-9H,1,3-4H2,(H,17,18). The smallest absolute Gasteiger partial charge is 0.227 e. The molecule has 1 aromatic heterocycles. The Morgan fingerprint density at radius 1 is 1.33 bits per heavy atom. The van der Waals surface area contributed by atoms with Crippen LogP contribution in [0.25, 0.3) is 10.9 Å². The molecule has 1 aliphatic carbocycles. The van der Waals surface area contributed by atoms with Crippen LogP contribution in [0.3, 0.4) is 0 Å². The topological polar surface area (TPSA) is 42.0 Å². The summed E-state index contributed by atoms with van der Waals surface area (Å²) < 4.78 is 0.993. The van der Waals surface area contributed by atoms with Crippen LogP contribution in [-0.2, 0) is 4.79 Å². The van der Waals surface area contributed by atoms with Crippen LogP contribution in [-0.4, -0.2) is 10.9 Å². The van der Waals surface area contributed by atoms with Crippen LogP contribution >= 0.6 is 15.9 Å². The van der Waals surface area contributed by atoms with Crippen molar-refractivity contribution in [2.45, 2.75) is 19.3 Å². The van der Waals surface area contributed by atoms with E-state index in [4.69, 9.17) is 0 Å². The Morgan fingerprint density at radius 2 is 2.17 bits per heavy atom. The minimum atomic E-state index is 0.121. The van der Waals surface area contributed by atoms with E-state index in [1.54, 1.807) is 6.20 Å². The molecule has 4 heteroatoms. The van der Waals surface area contributed by atoms with E-state index in [-0.39, 0.29) is 11.8 Å². The third-order valence-corrected chi connectivity index (χ3v) is 4.14. The van der Waals surface area contributed by atoms with Crippen molar-refractivity contribution in [1.29, 1.82) is 0 Å². The lowest BCUT2D eigenvalue weighted by atomic mass is 9.85. The number of hydrogen-bond acceptors (Lipinski definition) is 2. The molecule has 1 aromatic carbocycles. The van der Waals surface area contributed by atoms with Crippen LogP contribution in [0, 0.1) is 5.92 Å². The number of carbonyl (C=O) groups is 1. The highest BCUT2D eigenvalue weighted by molar-refractivity contribution is 9.10. The molecule has 18 heavy (non-hydrogen) atoms. The molecule has 3 nitrogen and oxygen atoms in total. The summed E-state index contributed by atoms with van der Waals surface area (Å²) in [6.45, 7) is 0. The van der Waals surface area contributed by atoms with Gasteiger partial charge in [-0.3, -0.25) is 9.78 Å². The fourth-order valence-corrected chi connectivity index (χ4v) is 2.60. The van der Waals surface area contributed by atoms with E-state index >= 15 is 0 Å². The zero-order valence-electron chi connectivity index (χ0n) is 9.82. The van der Waals surface area contributed by atoms with Crippen molar-refractivity contribution in [2.75, 3.05) is 5.32 Å². The molecule has 1 heterocycles. The lowest BCUT2D eigenvalue weighted by Gasteiger charge is -2.24. The molecule has 0 radical (unpaired) electrons. The number of amides is 1. The highest BCUT2D eigenvalue weighted by atomic mass is 79.9.